The molecule has 1 saturated heterocycles. The fraction of sp³-hybridized carbons (Fsp3) is 0.379. The molecule has 5 rings (SSSR count). The zero-order valence-corrected chi connectivity index (χ0v) is 21.4. The molecule has 2 atom stereocenters. The summed E-state index contributed by atoms with van der Waals surface area (Å²) in [7, 11) is 0. The molecule has 2 aliphatic rings. The van der Waals surface area contributed by atoms with Crippen LogP contribution in [0.15, 0.2) is 73.3 Å². The quantitative estimate of drug-likeness (QED) is 0.409. The predicted molar refractivity (Wildman–Crippen MR) is 144 cm³/mol. The molecule has 3 aromatic rings. The molecule has 38 heavy (non-hydrogen) atoms. The van der Waals surface area contributed by atoms with Crippen LogP contribution < -0.4 is 5.32 Å². The minimum absolute atomic E-state index is 0.0560. The summed E-state index contributed by atoms with van der Waals surface area (Å²) in [4.78, 5) is 36.7. The summed E-state index contributed by atoms with van der Waals surface area (Å²) in [6.45, 7) is 3.51. The van der Waals surface area contributed by atoms with Crippen molar-refractivity contribution in [2.75, 3.05) is 19.6 Å². The molecule has 0 bridgehead atoms. The van der Waals surface area contributed by atoms with Crippen LogP contribution in [0, 0.1) is 5.92 Å². The fourth-order valence-corrected chi connectivity index (χ4v) is 5.41. The molecule has 1 aliphatic carbocycles. The Morgan fingerprint density at radius 1 is 0.974 bits per heavy atom. The molecule has 0 saturated carbocycles. The first-order chi connectivity index (χ1) is 18.6. The second-order valence-corrected chi connectivity index (χ2v) is 9.46. The van der Waals surface area contributed by atoms with E-state index in [0.29, 0.717) is 5.92 Å². The average molecular weight is 521 g/mol. The molecule has 9 heteroatoms. The van der Waals surface area contributed by atoms with Gasteiger partial charge in [0.05, 0.1) is 6.33 Å². The zero-order chi connectivity index (χ0) is 27.2. The first-order valence-corrected chi connectivity index (χ1v) is 12.9. The van der Waals surface area contributed by atoms with Gasteiger partial charge in [-0.2, -0.15) is 0 Å². The third-order valence-electron chi connectivity index (χ3n) is 7.12. The monoisotopic (exact) mass is 520 g/mol. The van der Waals surface area contributed by atoms with E-state index in [2.05, 4.69) is 74.4 Å². The van der Waals surface area contributed by atoms with Crippen molar-refractivity contribution in [3.63, 3.8) is 0 Å². The average Bonchev–Trinajstić information content (AvgIpc) is 3.61. The molecule has 2 aromatic carbocycles. The number of amides is 1. The summed E-state index contributed by atoms with van der Waals surface area (Å²) in [5.74, 6) is 0.640. The summed E-state index contributed by atoms with van der Waals surface area (Å²) in [5.41, 5.74) is 4.00. The van der Waals surface area contributed by atoms with Crippen molar-refractivity contribution in [2.45, 2.75) is 44.2 Å². The number of fused-ring (bicyclic) bond motifs is 1. The standard InChI is InChI=1S/C27H32N4O.2CH2O2/c32-27(24-17-22-9-4-5-10-23(22)18-24)29-26-19-30(13-6-14-31-16-12-28-20-31)15-11-25(26)21-7-2-1-3-8-21;2*2-1-3/h1-5,7-10,12,16,20,24-26H,6,11,13-15,17-19H2,(H,29,32);2*1H,(H,2,3)/t25-,26-;;/m0../s1. The van der Waals surface area contributed by atoms with Gasteiger partial charge in [-0.25, -0.2) is 4.98 Å². The molecule has 202 valence electrons. The van der Waals surface area contributed by atoms with E-state index in [1.54, 1.807) is 0 Å². The molecule has 0 radical (unpaired) electrons. The molecule has 1 aliphatic heterocycles. The van der Waals surface area contributed by atoms with Gasteiger partial charge in [-0.1, -0.05) is 54.6 Å². The molecule has 1 fully saturated rings. The number of nitrogens with one attached hydrogen (secondary N) is 1. The van der Waals surface area contributed by atoms with E-state index < -0.39 is 0 Å². The number of rotatable bonds is 7. The first-order valence-electron chi connectivity index (χ1n) is 12.9. The number of carbonyl (C=O) groups excluding carboxylic acids is 1. The molecular formula is C29H36N4O5. The maximum absolute atomic E-state index is 13.3. The molecular weight excluding hydrogens is 484 g/mol. The van der Waals surface area contributed by atoms with E-state index in [9.17, 15) is 4.79 Å². The van der Waals surface area contributed by atoms with Crippen molar-refractivity contribution in [3.8, 4) is 0 Å². The highest BCUT2D eigenvalue weighted by atomic mass is 16.3. The molecule has 2 heterocycles. The van der Waals surface area contributed by atoms with Gasteiger partial charge in [-0.3, -0.25) is 14.4 Å². The Hall–Kier alpha value is -3.98. The number of aromatic nitrogens is 2. The SMILES string of the molecule is O=C(N[C@H]1CN(CCCn2ccnc2)CC[C@H]1c1ccccc1)C1Cc2ccccc2C1.O=CO.O=CO. The highest BCUT2D eigenvalue weighted by molar-refractivity contribution is 5.80. The van der Waals surface area contributed by atoms with E-state index in [1.165, 1.54) is 16.7 Å². The van der Waals surface area contributed by atoms with Crippen molar-refractivity contribution < 1.29 is 24.6 Å². The number of carboxylic acid groups (broad SMARTS) is 2. The number of hydrogen-bond donors (Lipinski definition) is 3. The van der Waals surface area contributed by atoms with Crippen molar-refractivity contribution in [3.05, 3.63) is 90.0 Å². The van der Waals surface area contributed by atoms with Crippen molar-refractivity contribution in [1.82, 2.24) is 19.8 Å². The van der Waals surface area contributed by atoms with Gasteiger partial charge in [-0.05, 0) is 55.5 Å². The lowest BCUT2D eigenvalue weighted by Crippen LogP contribution is -2.53. The largest absolute Gasteiger partial charge is 0.483 e. The molecule has 1 amide bonds. The molecule has 0 unspecified atom stereocenters. The topological polar surface area (TPSA) is 125 Å². The third-order valence-corrected chi connectivity index (χ3v) is 7.12. The smallest absolute Gasteiger partial charge is 0.290 e. The summed E-state index contributed by atoms with van der Waals surface area (Å²) < 4.78 is 2.13. The summed E-state index contributed by atoms with van der Waals surface area (Å²) in [6, 6.07) is 19.3. The molecule has 1 aromatic heterocycles. The number of nitrogens with zero attached hydrogens (tertiary/aromatic N) is 3. The maximum atomic E-state index is 13.3. The molecule has 0 spiro atoms. The number of benzene rings is 2. The molecule has 9 nitrogen and oxygen atoms in total. The lowest BCUT2D eigenvalue weighted by Gasteiger charge is -2.39. The van der Waals surface area contributed by atoms with E-state index >= 15 is 0 Å². The lowest BCUT2D eigenvalue weighted by molar-refractivity contribution is -0.126. The van der Waals surface area contributed by atoms with E-state index in [-0.39, 0.29) is 30.8 Å². The second kappa shape index (κ2) is 15.3. The minimum atomic E-state index is -0.250. The van der Waals surface area contributed by atoms with Crippen LogP contribution in [-0.4, -0.2) is 69.2 Å². The van der Waals surface area contributed by atoms with Crippen LogP contribution in [0.25, 0.3) is 0 Å². The van der Waals surface area contributed by atoms with E-state index in [1.807, 2.05) is 18.7 Å². The Labute approximate surface area is 223 Å². The van der Waals surface area contributed by atoms with Crippen LogP contribution in [0.3, 0.4) is 0 Å². The number of hydrogen-bond acceptors (Lipinski definition) is 5. The van der Waals surface area contributed by atoms with Gasteiger partial charge in [0.2, 0.25) is 5.91 Å². The van der Waals surface area contributed by atoms with Crippen LogP contribution in [-0.2, 0) is 33.8 Å². The first kappa shape index (κ1) is 28.6. The Kier molecular flexibility index (Phi) is 11.5. The highest BCUT2D eigenvalue weighted by Crippen LogP contribution is 2.31. The van der Waals surface area contributed by atoms with Gasteiger partial charge in [0.25, 0.3) is 12.9 Å². The Balaban J connectivity index is 0.000000611. The number of carbonyl (C=O) groups is 3. The van der Waals surface area contributed by atoms with Crippen LogP contribution in [0.5, 0.6) is 0 Å². The summed E-state index contributed by atoms with van der Waals surface area (Å²) >= 11 is 0. The second-order valence-electron chi connectivity index (χ2n) is 9.46. The van der Waals surface area contributed by atoms with Crippen LogP contribution in [0.1, 0.15) is 35.4 Å². The zero-order valence-electron chi connectivity index (χ0n) is 21.4. The Bertz CT molecular complexity index is 1090. The fourth-order valence-electron chi connectivity index (χ4n) is 5.41. The van der Waals surface area contributed by atoms with Crippen LogP contribution in [0.4, 0.5) is 0 Å². The van der Waals surface area contributed by atoms with Crippen molar-refractivity contribution in [1.29, 1.82) is 0 Å². The normalized spacial score (nSPS) is 18.6. The molecule has 3 N–H and O–H groups in total. The lowest BCUT2D eigenvalue weighted by atomic mass is 9.84. The van der Waals surface area contributed by atoms with Gasteiger partial charge >= 0.3 is 0 Å². The summed E-state index contributed by atoms with van der Waals surface area (Å²) in [6.07, 6.45) is 9.61. The van der Waals surface area contributed by atoms with Gasteiger partial charge in [-0.15, -0.1) is 0 Å². The minimum Gasteiger partial charge on any atom is -0.483 e. The van der Waals surface area contributed by atoms with E-state index in [4.69, 9.17) is 19.8 Å². The maximum Gasteiger partial charge on any atom is 0.290 e. The van der Waals surface area contributed by atoms with Gasteiger partial charge < -0.3 is 25.0 Å². The highest BCUT2D eigenvalue weighted by Gasteiger charge is 2.34. The number of likely N-dealkylation sites (tertiary alicyclic amines) is 1. The predicted octanol–water partition coefficient (Wildman–Crippen LogP) is 3.06. The number of aryl methyl sites for hydroxylation is 1. The summed E-state index contributed by atoms with van der Waals surface area (Å²) in [5, 5.41) is 17.3. The Morgan fingerprint density at radius 3 is 2.21 bits per heavy atom. The van der Waals surface area contributed by atoms with Crippen LogP contribution >= 0.6 is 0 Å². The van der Waals surface area contributed by atoms with Crippen molar-refractivity contribution >= 4 is 18.9 Å². The van der Waals surface area contributed by atoms with E-state index in [0.717, 1.165) is 51.9 Å². The van der Waals surface area contributed by atoms with Gasteiger partial charge in [0, 0.05) is 43.4 Å². The Morgan fingerprint density at radius 2 is 1.61 bits per heavy atom. The van der Waals surface area contributed by atoms with Gasteiger partial charge in [0.1, 0.15) is 0 Å². The van der Waals surface area contributed by atoms with Crippen LogP contribution in [0.2, 0.25) is 0 Å². The van der Waals surface area contributed by atoms with Crippen molar-refractivity contribution in [2.24, 2.45) is 5.92 Å². The third kappa shape index (κ3) is 8.27. The number of imidazole rings is 1. The number of piperidine rings is 1. The van der Waals surface area contributed by atoms with Gasteiger partial charge in [0.15, 0.2) is 0 Å².